The van der Waals surface area contributed by atoms with Gasteiger partial charge in [-0.2, -0.15) is 0 Å². The molecule has 1 amide bonds. The van der Waals surface area contributed by atoms with Gasteiger partial charge < -0.3 is 14.5 Å². The minimum Gasteiger partial charge on any atom is -0.482 e. The number of Topliss-reactive ketones (excluding diaryl/α,β-unsaturated/α-hetero) is 1. The summed E-state index contributed by atoms with van der Waals surface area (Å²) in [5.41, 5.74) is 1.73. The zero-order chi connectivity index (χ0) is 22.3. The fourth-order valence-electron chi connectivity index (χ4n) is 4.09. The van der Waals surface area contributed by atoms with Crippen molar-refractivity contribution in [3.05, 3.63) is 63.9 Å². The van der Waals surface area contributed by atoms with Crippen LogP contribution in [-0.4, -0.2) is 18.2 Å². The summed E-state index contributed by atoms with van der Waals surface area (Å²) in [7, 11) is 0. The highest BCUT2D eigenvalue weighted by atomic mass is 35.5. The molecule has 1 aliphatic rings. The van der Waals surface area contributed by atoms with Crippen LogP contribution in [0, 0.1) is 12.8 Å². The minimum atomic E-state index is -0.795. The molecule has 2 heterocycles. The molecular weight excluding hydrogens is 414 g/mol. The topological polar surface area (TPSA) is 68.5 Å². The van der Waals surface area contributed by atoms with Crippen LogP contribution in [0.25, 0.3) is 11.0 Å². The van der Waals surface area contributed by atoms with E-state index in [1.54, 1.807) is 24.3 Å². The largest absolute Gasteiger partial charge is 0.482 e. The summed E-state index contributed by atoms with van der Waals surface area (Å²) in [5.74, 6) is 0.926. The number of carbonyl (C=O) groups excluding carboxylic acids is 2. The van der Waals surface area contributed by atoms with E-state index in [-0.39, 0.29) is 23.9 Å². The van der Waals surface area contributed by atoms with Crippen LogP contribution in [0.1, 0.15) is 65.7 Å². The number of nitrogens with one attached hydrogen (secondary N) is 1. The second-order valence-corrected chi connectivity index (χ2v) is 9.18. The van der Waals surface area contributed by atoms with Gasteiger partial charge in [-0.25, -0.2) is 0 Å². The van der Waals surface area contributed by atoms with Gasteiger partial charge in [0.05, 0.1) is 12.0 Å². The molecule has 0 radical (unpaired) electrons. The molecule has 1 atom stereocenters. The lowest BCUT2D eigenvalue weighted by Gasteiger charge is -2.35. The molecule has 6 heteroatoms. The Bertz CT molecular complexity index is 1160. The smallest absolute Gasteiger partial charge is 0.287 e. The lowest BCUT2D eigenvalue weighted by Crippen LogP contribution is -2.36. The number of furan rings is 1. The molecule has 1 N–H and O–H groups in total. The van der Waals surface area contributed by atoms with Crippen molar-refractivity contribution in [2.45, 2.75) is 46.1 Å². The Labute approximate surface area is 186 Å². The second-order valence-electron chi connectivity index (χ2n) is 8.75. The van der Waals surface area contributed by atoms with Crippen molar-refractivity contribution in [2.75, 3.05) is 6.54 Å². The molecule has 0 unspecified atom stereocenters. The lowest BCUT2D eigenvalue weighted by molar-refractivity contribution is 0.0507. The van der Waals surface area contributed by atoms with Crippen molar-refractivity contribution >= 4 is 34.3 Å². The molecule has 0 bridgehead atoms. The predicted octanol–water partition coefficient (Wildman–Crippen LogP) is 6.05. The number of benzene rings is 2. The fourth-order valence-corrected chi connectivity index (χ4v) is 4.22. The van der Waals surface area contributed by atoms with Gasteiger partial charge in [0.15, 0.2) is 11.5 Å². The Morgan fingerprint density at radius 3 is 2.58 bits per heavy atom. The van der Waals surface area contributed by atoms with Crippen LogP contribution in [0.5, 0.6) is 5.75 Å². The highest BCUT2D eigenvalue weighted by Crippen LogP contribution is 2.44. The number of ether oxygens (including phenoxy) is 1. The van der Waals surface area contributed by atoms with Gasteiger partial charge in [-0.15, -0.1) is 0 Å². The Balaban J connectivity index is 1.70. The minimum absolute atomic E-state index is 0.0417. The third kappa shape index (κ3) is 3.94. The summed E-state index contributed by atoms with van der Waals surface area (Å²) in [4.78, 5) is 25.9. The highest BCUT2D eigenvalue weighted by Gasteiger charge is 2.40. The molecule has 0 saturated heterocycles. The third-order valence-corrected chi connectivity index (χ3v) is 6.09. The quantitative estimate of drug-likeness (QED) is 0.525. The van der Waals surface area contributed by atoms with Crippen molar-refractivity contribution < 1.29 is 18.7 Å². The molecule has 162 valence electrons. The molecular formula is C25H26ClNO4. The van der Waals surface area contributed by atoms with Gasteiger partial charge in [-0.05, 0) is 56.0 Å². The average Bonchev–Trinajstić information content (AvgIpc) is 3.04. The SMILES string of the molecule is Cc1c(C(=O)NCCC(C)C)oc2ccc3c(c12)C(=O)C[C@](C)(c1ccc(Cl)cc1)O3. The first-order chi connectivity index (χ1) is 14.7. The summed E-state index contributed by atoms with van der Waals surface area (Å²) in [6.07, 6.45) is 1.07. The molecule has 5 nitrogen and oxygen atoms in total. The maximum Gasteiger partial charge on any atom is 0.287 e. The Kier molecular flexibility index (Phi) is 5.56. The van der Waals surface area contributed by atoms with Gasteiger partial charge >= 0.3 is 0 Å². The molecule has 3 aromatic rings. The number of rotatable bonds is 5. The van der Waals surface area contributed by atoms with Crippen LogP contribution >= 0.6 is 11.6 Å². The van der Waals surface area contributed by atoms with E-state index in [0.29, 0.717) is 45.3 Å². The van der Waals surface area contributed by atoms with Gasteiger partial charge in [-0.3, -0.25) is 9.59 Å². The lowest BCUT2D eigenvalue weighted by atomic mass is 9.84. The number of ketones is 1. The standard InChI is InChI=1S/C25H26ClNO4/c1-14(2)11-12-27-24(29)23-15(3)21-19(30-23)9-10-20-22(21)18(28)13-25(4,31-20)16-5-7-17(26)8-6-16/h5-10,14H,11-13H2,1-4H3,(H,27,29)/t25-/m1/s1. The Morgan fingerprint density at radius 2 is 1.90 bits per heavy atom. The molecule has 1 aliphatic heterocycles. The van der Waals surface area contributed by atoms with Crippen molar-refractivity contribution in [3.63, 3.8) is 0 Å². The number of amides is 1. The van der Waals surface area contributed by atoms with Gasteiger partial charge in [0.25, 0.3) is 5.91 Å². The number of hydrogen-bond donors (Lipinski definition) is 1. The zero-order valence-corrected chi connectivity index (χ0v) is 18.9. The van der Waals surface area contributed by atoms with E-state index in [9.17, 15) is 9.59 Å². The van der Waals surface area contributed by atoms with Crippen LogP contribution < -0.4 is 10.1 Å². The van der Waals surface area contributed by atoms with Crippen LogP contribution in [-0.2, 0) is 5.60 Å². The van der Waals surface area contributed by atoms with E-state index >= 15 is 0 Å². The first-order valence-corrected chi connectivity index (χ1v) is 10.9. The number of aryl methyl sites for hydroxylation is 1. The molecule has 1 aromatic heterocycles. The molecule has 31 heavy (non-hydrogen) atoms. The number of carbonyl (C=O) groups is 2. The third-order valence-electron chi connectivity index (χ3n) is 5.84. The van der Waals surface area contributed by atoms with E-state index in [1.165, 1.54) is 0 Å². The van der Waals surface area contributed by atoms with Crippen molar-refractivity contribution in [3.8, 4) is 5.75 Å². The van der Waals surface area contributed by atoms with Crippen LogP contribution in [0.2, 0.25) is 5.02 Å². The first kappa shape index (κ1) is 21.4. The Morgan fingerprint density at radius 1 is 1.19 bits per heavy atom. The van der Waals surface area contributed by atoms with Crippen molar-refractivity contribution in [2.24, 2.45) is 5.92 Å². The second kappa shape index (κ2) is 8.04. The summed E-state index contributed by atoms with van der Waals surface area (Å²) in [6, 6.07) is 10.8. The van der Waals surface area contributed by atoms with Gasteiger partial charge in [0, 0.05) is 22.5 Å². The highest BCUT2D eigenvalue weighted by molar-refractivity contribution is 6.30. The number of halogens is 1. The predicted molar refractivity (Wildman–Crippen MR) is 121 cm³/mol. The van der Waals surface area contributed by atoms with Crippen molar-refractivity contribution in [1.82, 2.24) is 5.32 Å². The van der Waals surface area contributed by atoms with E-state index in [4.69, 9.17) is 20.8 Å². The molecule has 0 saturated carbocycles. The van der Waals surface area contributed by atoms with Crippen LogP contribution in [0.4, 0.5) is 0 Å². The molecule has 0 spiro atoms. The average molecular weight is 440 g/mol. The van der Waals surface area contributed by atoms with Crippen LogP contribution in [0.3, 0.4) is 0 Å². The first-order valence-electron chi connectivity index (χ1n) is 10.5. The van der Waals surface area contributed by atoms with Gasteiger partial charge in [0.1, 0.15) is 16.9 Å². The van der Waals surface area contributed by atoms with E-state index in [0.717, 1.165) is 12.0 Å². The summed E-state index contributed by atoms with van der Waals surface area (Å²) in [5, 5.41) is 4.18. The van der Waals surface area contributed by atoms with E-state index < -0.39 is 5.60 Å². The monoisotopic (exact) mass is 439 g/mol. The summed E-state index contributed by atoms with van der Waals surface area (Å²) in [6.45, 7) is 8.50. The molecule has 0 aliphatic carbocycles. The number of hydrogen-bond acceptors (Lipinski definition) is 4. The van der Waals surface area contributed by atoms with Crippen molar-refractivity contribution in [1.29, 1.82) is 0 Å². The number of fused-ring (bicyclic) bond motifs is 3. The Hall–Kier alpha value is -2.79. The fraction of sp³-hybridized carbons (Fsp3) is 0.360. The zero-order valence-electron chi connectivity index (χ0n) is 18.2. The normalized spacial score (nSPS) is 18.2. The van der Waals surface area contributed by atoms with Crippen LogP contribution in [0.15, 0.2) is 40.8 Å². The summed E-state index contributed by atoms with van der Waals surface area (Å²) < 4.78 is 12.2. The molecule has 0 fully saturated rings. The van der Waals surface area contributed by atoms with E-state index in [2.05, 4.69) is 19.2 Å². The maximum absolute atomic E-state index is 13.3. The van der Waals surface area contributed by atoms with Gasteiger partial charge in [0.2, 0.25) is 0 Å². The molecule has 4 rings (SSSR count). The summed E-state index contributed by atoms with van der Waals surface area (Å²) >= 11 is 6.01. The molecule has 2 aromatic carbocycles. The van der Waals surface area contributed by atoms with E-state index in [1.807, 2.05) is 26.0 Å². The maximum atomic E-state index is 13.3. The van der Waals surface area contributed by atoms with Gasteiger partial charge in [-0.1, -0.05) is 37.6 Å².